The molecule has 0 unspecified atom stereocenters. The zero-order valence-corrected chi connectivity index (χ0v) is 48.0. The van der Waals surface area contributed by atoms with Gasteiger partial charge in [-0.1, -0.05) is 211 Å². The number of rotatable bonds is 9. The van der Waals surface area contributed by atoms with Crippen LogP contribution in [0.2, 0.25) is 19.6 Å². The van der Waals surface area contributed by atoms with E-state index in [4.69, 9.17) is 9.97 Å². The highest BCUT2D eigenvalue weighted by atomic mass is 28.3. The minimum atomic E-state index is -1.21. The first-order valence-corrected chi connectivity index (χ1v) is 30.3. The number of phenolic OH excluding ortho intramolecular Hbond substituents is 1. The van der Waals surface area contributed by atoms with Crippen molar-refractivity contribution in [1.82, 2.24) is 14.5 Å². The number of pyridine rings is 1. The number of fused-ring (bicyclic) bond motifs is 1. The molecule has 7 aromatic carbocycles. The van der Waals surface area contributed by atoms with Crippen LogP contribution in [0.25, 0.3) is 83.9 Å². The van der Waals surface area contributed by atoms with Crippen LogP contribution >= 0.6 is 0 Å². The molecule has 0 radical (unpaired) electrons. The Morgan fingerprint density at radius 2 is 1.09 bits per heavy atom. The Kier molecular flexibility index (Phi) is 13.5. The van der Waals surface area contributed by atoms with E-state index in [1.165, 1.54) is 39.4 Å². The highest BCUT2D eigenvalue weighted by Gasteiger charge is 2.30. The first kappa shape index (κ1) is 52.1. The van der Waals surface area contributed by atoms with Gasteiger partial charge < -0.3 is 5.11 Å². The summed E-state index contributed by atoms with van der Waals surface area (Å²) in [7, 11) is -1.21. The molecule has 0 amide bonds. The van der Waals surface area contributed by atoms with Gasteiger partial charge in [0, 0.05) is 36.5 Å². The Morgan fingerprint density at radius 1 is 0.473 bits per heavy atom. The van der Waals surface area contributed by atoms with Gasteiger partial charge in [-0.2, -0.15) is 0 Å². The lowest BCUT2D eigenvalue weighted by Crippen LogP contribution is -2.23. The summed E-state index contributed by atoms with van der Waals surface area (Å²) in [5.74, 6) is 0.958. The highest BCUT2D eigenvalue weighted by Crippen LogP contribution is 2.46. The molecule has 0 aliphatic carbocycles. The van der Waals surface area contributed by atoms with Crippen molar-refractivity contribution in [1.29, 1.82) is 0 Å². The largest absolute Gasteiger partial charge is 0.507 e. The van der Waals surface area contributed by atoms with E-state index >= 15 is 0 Å². The van der Waals surface area contributed by atoms with Gasteiger partial charge in [0.1, 0.15) is 11.6 Å². The summed E-state index contributed by atoms with van der Waals surface area (Å²) in [4.78, 5) is 10.8. The topological polar surface area (TPSA) is 50.9 Å². The molecule has 0 saturated carbocycles. The number of aryl methyl sites for hydroxylation is 1. The summed E-state index contributed by atoms with van der Waals surface area (Å²) in [6, 6.07) is 56.9. The molecule has 2 heterocycles. The Bertz CT molecular complexity index is 3540. The molecule has 0 bridgehead atoms. The molecule has 9 rings (SSSR count). The van der Waals surface area contributed by atoms with Gasteiger partial charge in [0.25, 0.3) is 0 Å². The summed E-state index contributed by atoms with van der Waals surface area (Å²) in [6.07, 6.45) is 1.94. The molecule has 378 valence electrons. The van der Waals surface area contributed by atoms with Crippen LogP contribution in [-0.4, -0.2) is 27.7 Å². The van der Waals surface area contributed by atoms with Crippen molar-refractivity contribution in [3.8, 4) is 78.6 Å². The van der Waals surface area contributed by atoms with Gasteiger partial charge in [0.2, 0.25) is 0 Å². The molecule has 9 aromatic rings. The smallest absolute Gasteiger partial charge is 0.149 e. The van der Waals surface area contributed by atoms with Crippen molar-refractivity contribution in [2.24, 2.45) is 0 Å². The van der Waals surface area contributed by atoms with E-state index in [1.807, 2.05) is 6.20 Å². The average molecular weight is 992 g/mol. The van der Waals surface area contributed by atoms with Gasteiger partial charge in [-0.05, 0) is 139 Å². The standard InChI is InChI=1S/C69H77N3OSi/c1-44-35-45(43-74(14,15)16)25-31-55(44)48-28-26-46(27-29-48)49-33-34-70-60(39-49)51-36-50(37-53(38-51)67(5,6)7)56-23-20-24-62-63(56)71-65(58-41-54(68(8,9)10)42-59(64(58)73)69(11,12)13)72(62)61-32-30-52(66(2,3)4)40-57(61)47-21-18-17-19-22-47/h17-42,73H,43H2,1-16H3. The number of para-hydroxylation sites is 1. The van der Waals surface area contributed by atoms with Crippen molar-refractivity contribution in [3.63, 3.8) is 0 Å². The van der Waals surface area contributed by atoms with Gasteiger partial charge in [-0.25, -0.2) is 4.98 Å². The number of benzene rings is 7. The quantitative estimate of drug-likeness (QED) is 0.147. The maximum Gasteiger partial charge on any atom is 0.149 e. The van der Waals surface area contributed by atoms with Crippen LogP contribution in [-0.2, 0) is 27.7 Å². The fraction of sp³-hybridized carbons (Fsp3) is 0.304. The fourth-order valence-electron chi connectivity index (χ4n) is 10.4. The lowest BCUT2D eigenvalue weighted by atomic mass is 9.79. The summed E-state index contributed by atoms with van der Waals surface area (Å²) in [5.41, 5.74) is 21.1. The summed E-state index contributed by atoms with van der Waals surface area (Å²) in [6.45, 7) is 36.4. The van der Waals surface area contributed by atoms with Gasteiger partial charge in [0.15, 0.2) is 0 Å². The molecule has 4 nitrogen and oxygen atoms in total. The van der Waals surface area contributed by atoms with E-state index < -0.39 is 8.07 Å². The number of aromatic nitrogens is 3. The van der Waals surface area contributed by atoms with E-state index in [-0.39, 0.29) is 27.4 Å². The molecule has 0 aliphatic heterocycles. The van der Waals surface area contributed by atoms with Crippen molar-refractivity contribution in [3.05, 3.63) is 191 Å². The van der Waals surface area contributed by atoms with Crippen molar-refractivity contribution >= 4 is 19.1 Å². The second kappa shape index (κ2) is 19.1. The Morgan fingerprint density at radius 3 is 1.73 bits per heavy atom. The molecular formula is C69H77N3OSi. The third kappa shape index (κ3) is 10.7. The Hall–Kier alpha value is -6.82. The zero-order valence-electron chi connectivity index (χ0n) is 47.0. The maximum absolute atomic E-state index is 12.6. The van der Waals surface area contributed by atoms with Crippen molar-refractivity contribution < 1.29 is 5.11 Å². The van der Waals surface area contributed by atoms with Crippen molar-refractivity contribution in [2.45, 2.75) is 137 Å². The molecule has 74 heavy (non-hydrogen) atoms. The van der Waals surface area contributed by atoms with Crippen LogP contribution in [0.3, 0.4) is 0 Å². The van der Waals surface area contributed by atoms with E-state index in [0.29, 0.717) is 11.4 Å². The second-order valence-electron chi connectivity index (χ2n) is 26.2. The molecule has 0 atom stereocenters. The lowest BCUT2D eigenvalue weighted by molar-refractivity contribution is 0.446. The third-order valence-electron chi connectivity index (χ3n) is 14.6. The van der Waals surface area contributed by atoms with Crippen molar-refractivity contribution in [2.75, 3.05) is 0 Å². The second-order valence-corrected chi connectivity index (χ2v) is 31.6. The number of nitrogens with zero attached hydrogens (tertiary/aromatic N) is 3. The lowest BCUT2D eigenvalue weighted by Gasteiger charge is -2.28. The van der Waals surface area contributed by atoms with E-state index in [2.05, 4.69) is 266 Å². The minimum Gasteiger partial charge on any atom is -0.507 e. The number of phenols is 1. The number of hydrogen-bond acceptors (Lipinski definition) is 3. The molecule has 2 aromatic heterocycles. The van der Waals surface area contributed by atoms with E-state index in [0.717, 1.165) is 72.5 Å². The Balaban J connectivity index is 1.24. The van der Waals surface area contributed by atoms with Crippen LogP contribution in [0.5, 0.6) is 5.75 Å². The SMILES string of the molecule is Cc1cc(C[Si](C)(C)C)ccc1-c1ccc(-c2ccnc(-c3cc(-c4cccc5c4nc(-c4cc(C(C)(C)C)cc(C(C)(C)C)c4O)n5-c4ccc(C(C)(C)C)cc4-c4ccccc4)cc(C(C)(C)C)c3)c2)cc1. The molecule has 0 spiro atoms. The van der Waals surface area contributed by atoms with E-state index in [1.54, 1.807) is 0 Å². The third-order valence-corrected chi connectivity index (χ3v) is 16.1. The summed E-state index contributed by atoms with van der Waals surface area (Å²) >= 11 is 0. The molecular weight excluding hydrogens is 915 g/mol. The first-order chi connectivity index (χ1) is 34.6. The van der Waals surface area contributed by atoms with Crippen LogP contribution in [0.15, 0.2) is 158 Å². The van der Waals surface area contributed by atoms with Crippen LogP contribution in [0, 0.1) is 6.92 Å². The average Bonchev–Trinajstić information content (AvgIpc) is 3.72. The molecule has 0 aliphatic rings. The van der Waals surface area contributed by atoms with Crippen LogP contribution < -0.4 is 0 Å². The predicted octanol–water partition coefficient (Wildman–Crippen LogP) is 19.0. The molecule has 5 heteroatoms. The molecule has 1 N–H and O–H groups in total. The summed E-state index contributed by atoms with van der Waals surface area (Å²) < 4.78 is 2.30. The highest BCUT2D eigenvalue weighted by molar-refractivity contribution is 6.75. The first-order valence-electron chi connectivity index (χ1n) is 26.6. The maximum atomic E-state index is 12.6. The number of imidazole rings is 1. The molecule has 0 saturated heterocycles. The normalized spacial score (nSPS) is 12.7. The van der Waals surface area contributed by atoms with Gasteiger partial charge in [-0.15, -0.1) is 0 Å². The fourth-order valence-corrected chi connectivity index (χ4v) is 11.8. The minimum absolute atomic E-state index is 0.0793. The van der Waals surface area contributed by atoms with Gasteiger partial charge in [0.05, 0.1) is 28.0 Å². The van der Waals surface area contributed by atoms with Crippen LogP contribution in [0.1, 0.15) is 116 Å². The predicted molar refractivity (Wildman–Crippen MR) is 320 cm³/mol. The number of aromatic hydroxyl groups is 1. The van der Waals surface area contributed by atoms with Crippen LogP contribution in [0.4, 0.5) is 0 Å². The Labute approximate surface area is 443 Å². The molecule has 0 fully saturated rings. The van der Waals surface area contributed by atoms with Gasteiger partial charge in [-0.3, -0.25) is 9.55 Å². The number of hydrogen-bond donors (Lipinski definition) is 1. The summed E-state index contributed by atoms with van der Waals surface area (Å²) in [5, 5.41) is 12.6. The zero-order chi connectivity index (χ0) is 53.3. The monoisotopic (exact) mass is 992 g/mol. The van der Waals surface area contributed by atoms with E-state index in [9.17, 15) is 5.11 Å². The van der Waals surface area contributed by atoms with Gasteiger partial charge >= 0.3 is 0 Å².